The highest BCUT2D eigenvalue weighted by Gasteiger charge is 2.51. The van der Waals surface area contributed by atoms with Gasteiger partial charge in [-0.25, -0.2) is 0 Å². The molecule has 13 nitrogen and oxygen atoms in total. The van der Waals surface area contributed by atoms with Crippen molar-refractivity contribution in [2.45, 2.75) is 75.5 Å². The highest BCUT2D eigenvalue weighted by atomic mass is 16.7. The number of aliphatic hydroxyl groups is 5. The average molecular weight is 542 g/mol. The fourth-order valence-electron chi connectivity index (χ4n) is 4.72. The van der Waals surface area contributed by atoms with E-state index in [0.717, 1.165) is 0 Å². The summed E-state index contributed by atoms with van der Waals surface area (Å²) in [4.78, 5) is 36.1. The van der Waals surface area contributed by atoms with Crippen LogP contribution in [0.15, 0.2) is 24.3 Å². The molecule has 13 heteroatoms. The van der Waals surface area contributed by atoms with E-state index in [9.17, 15) is 39.9 Å². The van der Waals surface area contributed by atoms with Crippen LogP contribution in [0.4, 0.5) is 0 Å². The second kappa shape index (κ2) is 13.2. The van der Waals surface area contributed by atoms with E-state index in [1.807, 2.05) is 0 Å². The zero-order chi connectivity index (χ0) is 28.1. The zero-order valence-electron chi connectivity index (χ0n) is 21.3. The Balaban J connectivity index is 1.80. The number of carbonyl (C=O) groups excluding carboxylic acids is 3. The SMILES string of the molecule is CO[C@@H]1OC(CO)[C@@H](O[C@@H]2OC(CO)[C@H](O)[C@H](CC(=O)c3ccc(C(C)=O)cc3)C2O)[C@H](O)C1NC(C)=O. The molecular weight excluding hydrogens is 506 g/mol. The number of amides is 1. The van der Waals surface area contributed by atoms with Crippen molar-refractivity contribution in [2.24, 2.45) is 5.92 Å². The number of aliphatic hydroxyl groups excluding tert-OH is 5. The highest BCUT2D eigenvalue weighted by molar-refractivity contribution is 5.98. The molecular formula is C25H35NO12. The quantitative estimate of drug-likeness (QED) is 0.181. The molecule has 2 fully saturated rings. The lowest BCUT2D eigenvalue weighted by Crippen LogP contribution is -2.67. The van der Waals surface area contributed by atoms with Gasteiger partial charge in [-0.2, -0.15) is 0 Å². The Hall–Kier alpha value is -2.33. The molecule has 1 aromatic rings. The molecule has 0 aliphatic carbocycles. The minimum absolute atomic E-state index is 0.169. The van der Waals surface area contributed by atoms with E-state index in [1.54, 1.807) is 0 Å². The van der Waals surface area contributed by atoms with Crippen LogP contribution in [0.1, 0.15) is 41.0 Å². The van der Waals surface area contributed by atoms with Gasteiger partial charge in [0, 0.05) is 37.5 Å². The molecule has 4 unspecified atom stereocenters. The summed E-state index contributed by atoms with van der Waals surface area (Å²) in [5, 5.41) is 54.8. The van der Waals surface area contributed by atoms with Crippen molar-refractivity contribution in [3.05, 3.63) is 35.4 Å². The summed E-state index contributed by atoms with van der Waals surface area (Å²) in [6.45, 7) is 1.33. The second-order valence-electron chi connectivity index (χ2n) is 9.41. The minimum Gasteiger partial charge on any atom is -0.394 e. The number of hydrogen-bond acceptors (Lipinski definition) is 12. The Labute approximate surface area is 219 Å². The summed E-state index contributed by atoms with van der Waals surface area (Å²) in [6, 6.07) is 4.82. The molecule has 0 saturated carbocycles. The van der Waals surface area contributed by atoms with E-state index in [-0.39, 0.29) is 17.8 Å². The lowest BCUT2D eigenvalue weighted by atomic mass is 9.83. The number of hydrogen-bond donors (Lipinski definition) is 6. The number of ether oxygens (including phenoxy) is 4. The molecule has 1 aromatic carbocycles. The van der Waals surface area contributed by atoms with Gasteiger partial charge in [0.25, 0.3) is 0 Å². The largest absolute Gasteiger partial charge is 0.394 e. The summed E-state index contributed by atoms with van der Waals surface area (Å²) in [7, 11) is 1.29. The van der Waals surface area contributed by atoms with E-state index in [4.69, 9.17) is 18.9 Å². The number of ketones is 2. The first-order valence-electron chi connectivity index (χ1n) is 12.2. The number of methoxy groups -OCH3 is 1. The molecule has 0 bridgehead atoms. The highest BCUT2D eigenvalue weighted by Crippen LogP contribution is 2.33. The molecule has 212 valence electrons. The zero-order valence-corrected chi connectivity index (χ0v) is 21.3. The first-order chi connectivity index (χ1) is 18.0. The maximum absolute atomic E-state index is 12.9. The summed E-state index contributed by atoms with van der Waals surface area (Å²) < 4.78 is 22.2. The van der Waals surface area contributed by atoms with Crippen molar-refractivity contribution < 1.29 is 58.9 Å². The van der Waals surface area contributed by atoms with Crippen molar-refractivity contribution in [2.75, 3.05) is 20.3 Å². The topological polar surface area (TPSA) is 201 Å². The Morgan fingerprint density at radius 2 is 1.45 bits per heavy atom. The van der Waals surface area contributed by atoms with Crippen LogP contribution in [0.25, 0.3) is 0 Å². The van der Waals surface area contributed by atoms with E-state index in [2.05, 4.69) is 5.32 Å². The molecule has 2 aliphatic rings. The molecule has 1 amide bonds. The monoisotopic (exact) mass is 541 g/mol. The number of carbonyl (C=O) groups is 3. The third-order valence-electron chi connectivity index (χ3n) is 6.81. The summed E-state index contributed by atoms with van der Waals surface area (Å²) in [5.74, 6) is -2.24. The molecule has 10 atom stereocenters. The smallest absolute Gasteiger partial charge is 0.217 e. The van der Waals surface area contributed by atoms with Gasteiger partial charge >= 0.3 is 0 Å². The average Bonchev–Trinajstić information content (AvgIpc) is 2.89. The Bertz CT molecular complexity index is 972. The summed E-state index contributed by atoms with van der Waals surface area (Å²) in [6.07, 6.45) is -11.3. The number of benzene rings is 1. The molecule has 2 saturated heterocycles. The predicted octanol–water partition coefficient (Wildman–Crippen LogP) is -1.87. The van der Waals surface area contributed by atoms with Gasteiger partial charge in [0.05, 0.1) is 19.3 Å². The Morgan fingerprint density at radius 3 is 1.97 bits per heavy atom. The van der Waals surface area contributed by atoms with Crippen LogP contribution in [-0.2, 0) is 23.7 Å². The van der Waals surface area contributed by atoms with Gasteiger partial charge in [-0.1, -0.05) is 24.3 Å². The predicted molar refractivity (Wildman–Crippen MR) is 128 cm³/mol. The summed E-state index contributed by atoms with van der Waals surface area (Å²) >= 11 is 0. The maximum Gasteiger partial charge on any atom is 0.217 e. The van der Waals surface area contributed by atoms with Crippen molar-refractivity contribution in [3.8, 4) is 0 Å². The maximum atomic E-state index is 12.9. The Kier molecular flexibility index (Phi) is 10.5. The van der Waals surface area contributed by atoms with Crippen LogP contribution in [0.5, 0.6) is 0 Å². The lowest BCUT2D eigenvalue weighted by Gasteiger charge is -2.47. The van der Waals surface area contributed by atoms with Crippen molar-refractivity contribution in [3.63, 3.8) is 0 Å². The molecule has 0 radical (unpaired) electrons. The number of rotatable bonds is 10. The standard InChI is InChI=1S/C25H35NO12/c1-11(29)13-4-6-14(7-5-13)16(31)8-15-20(32)17(9-27)36-25(21(15)33)38-23-18(10-28)37-24(35-3)19(22(23)34)26-12(2)30/h4-7,15,17-25,27-28,32-34H,8-10H2,1-3H3,(H,26,30)/t15-,17?,18?,19?,20+,21?,22+,23+,24+,25-/m0/s1. The van der Waals surface area contributed by atoms with Gasteiger partial charge < -0.3 is 49.8 Å². The van der Waals surface area contributed by atoms with Crippen LogP contribution in [0, 0.1) is 5.92 Å². The third-order valence-corrected chi connectivity index (χ3v) is 6.81. The third kappa shape index (κ3) is 6.62. The molecule has 2 aliphatic heterocycles. The lowest BCUT2D eigenvalue weighted by molar-refractivity contribution is -0.341. The van der Waals surface area contributed by atoms with Crippen LogP contribution in [-0.4, -0.2) is 119 Å². The molecule has 0 aromatic heterocycles. The normalized spacial score (nSPS) is 35.5. The fourth-order valence-corrected chi connectivity index (χ4v) is 4.72. The van der Waals surface area contributed by atoms with Gasteiger partial charge in [-0.15, -0.1) is 0 Å². The van der Waals surface area contributed by atoms with E-state index < -0.39 is 86.1 Å². The first-order valence-corrected chi connectivity index (χ1v) is 12.2. The molecule has 0 spiro atoms. The van der Waals surface area contributed by atoms with Crippen molar-refractivity contribution in [1.29, 1.82) is 0 Å². The molecule has 38 heavy (non-hydrogen) atoms. The first kappa shape index (κ1) is 30.2. The minimum atomic E-state index is -1.60. The van der Waals surface area contributed by atoms with Gasteiger partial charge in [0.1, 0.15) is 36.6 Å². The van der Waals surface area contributed by atoms with Crippen LogP contribution in [0.2, 0.25) is 0 Å². The number of Topliss-reactive ketones (excluding diaryl/α,β-unsaturated/α-hetero) is 2. The van der Waals surface area contributed by atoms with Crippen molar-refractivity contribution in [1.82, 2.24) is 5.32 Å². The summed E-state index contributed by atoms with van der Waals surface area (Å²) in [5.41, 5.74) is 0.667. The van der Waals surface area contributed by atoms with E-state index >= 15 is 0 Å². The molecule has 2 heterocycles. The van der Waals surface area contributed by atoms with Crippen LogP contribution in [0.3, 0.4) is 0 Å². The van der Waals surface area contributed by atoms with E-state index in [0.29, 0.717) is 5.56 Å². The van der Waals surface area contributed by atoms with Crippen LogP contribution >= 0.6 is 0 Å². The molecule has 6 N–H and O–H groups in total. The number of nitrogens with one attached hydrogen (secondary N) is 1. The van der Waals surface area contributed by atoms with Crippen LogP contribution < -0.4 is 5.32 Å². The van der Waals surface area contributed by atoms with Gasteiger partial charge in [0.15, 0.2) is 24.1 Å². The van der Waals surface area contributed by atoms with Gasteiger partial charge in [-0.05, 0) is 6.92 Å². The van der Waals surface area contributed by atoms with E-state index in [1.165, 1.54) is 45.2 Å². The van der Waals surface area contributed by atoms with Crippen molar-refractivity contribution >= 4 is 17.5 Å². The Morgan fingerprint density at radius 1 is 0.868 bits per heavy atom. The van der Waals surface area contributed by atoms with Gasteiger partial charge in [-0.3, -0.25) is 14.4 Å². The molecule has 3 rings (SSSR count). The van der Waals surface area contributed by atoms with Gasteiger partial charge in [0.2, 0.25) is 5.91 Å². The fraction of sp³-hybridized carbons (Fsp3) is 0.640. The second-order valence-corrected chi connectivity index (χ2v) is 9.41.